The number of hydrogen-bond acceptors (Lipinski definition) is 5. The number of furan rings is 1. The van der Waals surface area contributed by atoms with Crippen LogP contribution in [-0.2, 0) is 12.8 Å². The lowest BCUT2D eigenvalue weighted by Crippen LogP contribution is -2.34. The predicted octanol–water partition coefficient (Wildman–Crippen LogP) is 6.04. The molecular weight excluding hydrogens is 490 g/mol. The van der Waals surface area contributed by atoms with Gasteiger partial charge in [0.05, 0.1) is 5.56 Å². The van der Waals surface area contributed by atoms with E-state index in [0.717, 1.165) is 35.3 Å². The summed E-state index contributed by atoms with van der Waals surface area (Å²) >= 11 is 12.9. The number of benzene rings is 1. The topological polar surface area (TPSA) is 97.4 Å². The fourth-order valence-electron chi connectivity index (χ4n) is 4.23. The van der Waals surface area contributed by atoms with Gasteiger partial charge in [-0.05, 0) is 72.6 Å². The maximum absolute atomic E-state index is 12.7. The number of nitrogens with two attached hydrogens (primary N) is 1. The van der Waals surface area contributed by atoms with Gasteiger partial charge in [0.15, 0.2) is 10.9 Å². The van der Waals surface area contributed by atoms with Crippen molar-refractivity contribution in [1.82, 2.24) is 5.32 Å². The van der Waals surface area contributed by atoms with Gasteiger partial charge in [0, 0.05) is 15.5 Å². The summed E-state index contributed by atoms with van der Waals surface area (Å²) < 4.78 is 5.68. The summed E-state index contributed by atoms with van der Waals surface area (Å²) in [6, 6.07) is 10.4. The van der Waals surface area contributed by atoms with Gasteiger partial charge in [0.2, 0.25) is 0 Å². The first-order valence-corrected chi connectivity index (χ1v) is 12.6. The number of rotatable bonds is 4. The molecule has 4 rings (SSSR count). The average molecular weight is 516 g/mol. The molecular formula is C25H26ClN3O3S2. The zero-order valence-electron chi connectivity index (χ0n) is 19.2. The summed E-state index contributed by atoms with van der Waals surface area (Å²) in [5.74, 6) is 0.141. The summed E-state index contributed by atoms with van der Waals surface area (Å²) in [5, 5.41) is 6.83. The van der Waals surface area contributed by atoms with Crippen LogP contribution in [0.2, 0.25) is 5.02 Å². The summed E-state index contributed by atoms with van der Waals surface area (Å²) in [5.41, 5.74) is 8.11. The van der Waals surface area contributed by atoms with Gasteiger partial charge in [0.1, 0.15) is 10.8 Å². The quantitative estimate of drug-likeness (QED) is 0.368. The van der Waals surface area contributed by atoms with E-state index < -0.39 is 11.8 Å². The fraction of sp³-hybridized carbons (Fsp3) is 0.320. The first-order valence-electron chi connectivity index (χ1n) is 11.0. The molecule has 1 unspecified atom stereocenters. The molecule has 0 spiro atoms. The van der Waals surface area contributed by atoms with Crippen molar-refractivity contribution in [3.05, 3.63) is 63.2 Å². The molecule has 0 bridgehead atoms. The second-order valence-electron chi connectivity index (χ2n) is 9.46. The lowest BCUT2D eigenvalue weighted by molar-refractivity contribution is 0.0950. The number of amides is 2. The third kappa shape index (κ3) is 5.19. The largest absolute Gasteiger partial charge is 0.451 e. The van der Waals surface area contributed by atoms with Crippen LogP contribution in [0.1, 0.15) is 58.5 Å². The van der Waals surface area contributed by atoms with Gasteiger partial charge in [0.25, 0.3) is 11.8 Å². The van der Waals surface area contributed by atoms with Crippen molar-refractivity contribution in [2.24, 2.45) is 17.1 Å². The first-order chi connectivity index (χ1) is 16.0. The average Bonchev–Trinajstić information content (AvgIpc) is 3.37. The van der Waals surface area contributed by atoms with Gasteiger partial charge < -0.3 is 15.5 Å². The van der Waals surface area contributed by atoms with Crippen molar-refractivity contribution in [2.75, 3.05) is 5.32 Å². The zero-order chi connectivity index (χ0) is 24.6. The Labute approximate surface area is 212 Å². The SMILES string of the molecule is CC(C)(C)C1CCc2c(sc(NC(=S)NC(=O)c3ccc(-c4cccc(Cl)c4)o3)c2C(N)=O)C1. The normalized spacial score (nSPS) is 15.5. The third-order valence-electron chi connectivity index (χ3n) is 6.13. The summed E-state index contributed by atoms with van der Waals surface area (Å²) in [4.78, 5) is 26.1. The molecule has 0 aliphatic heterocycles. The van der Waals surface area contributed by atoms with Gasteiger partial charge >= 0.3 is 0 Å². The molecule has 1 aliphatic rings. The third-order valence-corrected chi connectivity index (χ3v) is 7.74. The highest BCUT2D eigenvalue weighted by molar-refractivity contribution is 7.80. The molecule has 0 fully saturated rings. The lowest BCUT2D eigenvalue weighted by Gasteiger charge is -2.33. The van der Waals surface area contributed by atoms with Crippen molar-refractivity contribution >= 4 is 57.1 Å². The van der Waals surface area contributed by atoms with Crippen molar-refractivity contribution < 1.29 is 14.0 Å². The molecule has 0 radical (unpaired) electrons. The molecule has 1 aliphatic carbocycles. The van der Waals surface area contributed by atoms with Crippen molar-refractivity contribution in [2.45, 2.75) is 40.0 Å². The van der Waals surface area contributed by atoms with Crippen LogP contribution in [0, 0.1) is 11.3 Å². The maximum Gasteiger partial charge on any atom is 0.293 e. The molecule has 1 aromatic carbocycles. The Balaban J connectivity index is 1.48. The van der Waals surface area contributed by atoms with Crippen LogP contribution < -0.4 is 16.4 Å². The van der Waals surface area contributed by atoms with E-state index >= 15 is 0 Å². The predicted molar refractivity (Wildman–Crippen MR) is 141 cm³/mol. The Morgan fingerprint density at radius 2 is 2.00 bits per heavy atom. The van der Waals surface area contributed by atoms with Gasteiger partial charge in [-0.2, -0.15) is 0 Å². The van der Waals surface area contributed by atoms with Gasteiger partial charge in [-0.3, -0.25) is 14.9 Å². The van der Waals surface area contributed by atoms with E-state index in [2.05, 4.69) is 31.4 Å². The van der Waals surface area contributed by atoms with Gasteiger partial charge in [-0.1, -0.05) is 44.5 Å². The highest BCUT2D eigenvalue weighted by Gasteiger charge is 2.33. The van der Waals surface area contributed by atoms with Crippen molar-refractivity contribution in [3.8, 4) is 11.3 Å². The van der Waals surface area contributed by atoms with E-state index in [4.69, 9.17) is 34.0 Å². The summed E-state index contributed by atoms with van der Waals surface area (Å²) in [6.07, 6.45) is 2.69. The molecule has 0 saturated carbocycles. The Hall–Kier alpha value is -2.68. The van der Waals surface area contributed by atoms with Gasteiger partial charge in [-0.15, -0.1) is 11.3 Å². The number of primary amides is 1. The Kier molecular flexibility index (Phi) is 6.85. The molecule has 4 N–H and O–H groups in total. The van der Waals surface area contributed by atoms with E-state index in [0.29, 0.717) is 27.3 Å². The number of anilines is 1. The Bertz CT molecular complexity index is 1270. The molecule has 6 nitrogen and oxygen atoms in total. The monoisotopic (exact) mass is 515 g/mol. The number of nitrogens with one attached hydrogen (secondary N) is 2. The van der Waals surface area contributed by atoms with Crippen LogP contribution >= 0.6 is 35.2 Å². The smallest absolute Gasteiger partial charge is 0.293 e. The van der Waals surface area contributed by atoms with Crippen LogP contribution in [0.5, 0.6) is 0 Å². The summed E-state index contributed by atoms with van der Waals surface area (Å²) in [7, 11) is 0. The van der Waals surface area contributed by atoms with Gasteiger partial charge in [-0.25, -0.2) is 0 Å². The molecule has 3 aromatic rings. The van der Waals surface area contributed by atoms with Crippen LogP contribution in [0.4, 0.5) is 5.00 Å². The molecule has 0 saturated heterocycles. The van der Waals surface area contributed by atoms with Crippen LogP contribution in [0.3, 0.4) is 0 Å². The van der Waals surface area contributed by atoms with E-state index in [1.165, 1.54) is 11.3 Å². The Morgan fingerprint density at radius 3 is 2.68 bits per heavy atom. The van der Waals surface area contributed by atoms with E-state index in [1.54, 1.807) is 30.3 Å². The first kappa shape index (κ1) is 24.4. The van der Waals surface area contributed by atoms with Crippen LogP contribution in [0.25, 0.3) is 11.3 Å². The van der Waals surface area contributed by atoms with Crippen LogP contribution in [0.15, 0.2) is 40.8 Å². The molecule has 2 amide bonds. The molecule has 178 valence electrons. The number of carbonyl (C=O) groups excluding carboxylic acids is 2. The number of carbonyl (C=O) groups is 2. The molecule has 2 aromatic heterocycles. The van der Waals surface area contributed by atoms with E-state index in [1.807, 2.05) is 6.07 Å². The minimum absolute atomic E-state index is 0.0687. The molecule has 1 atom stereocenters. The summed E-state index contributed by atoms with van der Waals surface area (Å²) in [6.45, 7) is 6.71. The van der Waals surface area contributed by atoms with Crippen molar-refractivity contribution in [1.29, 1.82) is 0 Å². The van der Waals surface area contributed by atoms with Crippen LogP contribution in [-0.4, -0.2) is 16.9 Å². The minimum atomic E-state index is -0.500. The molecule has 2 heterocycles. The number of fused-ring (bicyclic) bond motifs is 1. The van der Waals surface area contributed by atoms with Crippen molar-refractivity contribution in [3.63, 3.8) is 0 Å². The Morgan fingerprint density at radius 1 is 1.24 bits per heavy atom. The second kappa shape index (κ2) is 9.52. The number of halogens is 1. The fourth-order valence-corrected chi connectivity index (χ4v) is 6.02. The maximum atomic E-state index is 12.7. The highest BCUT2D eigenvalue weighted by atomic mass is 35.5. The number of hydrogen-bond donors (Lipinski definition) is 3. The lowest BCUT2D eigenvalue weighted by atomic mass is 9.72. The zero-order valence-corrected chi connectivity index (χ0v) is 21.5. The minimum Gasteiger partial charge on any atom is -0.451 e. The highest BCUT2D eigenvalue weighted by Crippen LogP contribution is 2.44. The standard InChI is InChI=1S/C25H26ClN3O3S2/c1-25(2,3)14-7-8-16-19(12-14)34-23(20(16)21(27)30)29-24(33)28-22(31)18-10-9-17(32-18)13-5-4-6-15(26)11-13/h4-6,9-11,14H,7-8,12H2,1-3H3,(H2,27,30)(H2,28,29,31,33). The number of thiophene rings is 1. The second-order valence-corrected chi connectivity index (χ2v) is 11.4. The molecule has 34 heavy (non-hydrogen) atoms. The number of thiocarbonyl (C=S) groups is 1. The van der Waals surface area contributed by atoms with E-state index in [-0.39, 0.29) is 16.3 Å². The van der Waals surface area contributed by atoms with E-state index in [9.17, 15) is 9.59 Å². The molecule has 9 heteroatoms.